The molecule has 8 heteroatoms. The Labute approximate surface area is 203 Å². The van der Waals surface area contributed by atoms with E-state index >= 15 is 0 Å². The van der Waals surface area contributed by atoms with Gasteiger partial charge in [-0.3, -0.25) is 4.79 Å². The molecule has 0 saturated heterocycles. The summed E-state index contributed by atoms with van der Waals surface area (Å²) in [6, 6.07) is 11.9. The number of nitrogens with zero attached hydrogens (tertiary/aromatic N) is 3. The van der Waals surface area contributed by atoms with Gasteiger partial charge in [0.1, 0.15) is 17.4 Å². The van der Waals surface area contributed by atoms with Crippen molar-refractivity contribution < 1.29 is 9.53 Å². The molecule has 1 aromatic heterocycles. The van der Waals surface area contributed by atoms with Crippen molar-refractivity contribution in [2.75, 3.05) is 5.32 Å². The number of hydrogen-bond acceptors (Lipinski definition) is 5. The lowest BCUT2D eigenvalue weighted by atomic mass is 9.83. The lowest BCUT2D eigenvalue weighted by Crippen LogP contribution is -2.46. The van der Waals surface area contributed by atoms with Crippen LogP contribution >= 0.6 is 0 Å². The smallest absolute Gasteiger partial charge is 0.352 e. The SMILES string of the molecule is CC(=O)c1ccc(-n2c(=O)n3n(c2=O)C2C(=CC3)C(C)(C)Oc3cc(NC(C)(C)C)ccc32)cc1. The number of ketones is 1. The van der Waals surface area contributed by atoms with Crippen molar-refractivity contribution in [2.24, 2.45) is 0 Å². The van der Waals surface area contributed by atoms with Gasteiger partial charge in [-0.15, -0.1) is 0 Å². The summed E-state index contributed by atoms with van der Waals surface area (Å²) in [6.45, 7) is 12.0. The number of nitrogens with one attached hydrogen (secondary N) is 1. The zero-order valence-corrected chi connectivity index (χ0v) is 20.9. The van der Waals surface area contributed by atoms with E-state index in [1.807, 2.05) is 38.1 Å². The minimum absolute atomic E-state index is 0.0769. The zero-order chi connectivity index (χ0) is 25.3. The van der Waals surface area contributed by atoms with E-state index in [0.717, 1.165) is 16.8 Å². The molecule has 5 rings (SSSR count). The molecule has 182 valence electrons. The van der Waals surface area contributed by atoms with Gasteiger partial charge < -0.3 is 10.1 Å². The number of aromatic nitrogens is 3. The standard InChI is InChI=1S/C27H30N4O4/c1-16(32)17-7-10-19(11-8-17)30-24(33)29-14-13-21-23(31(29)25(30)34)20-12-9-18(28-26(2,3)4)15-22(20)35-27(21,5)6/h7-13,15,23,28H,14H2,1-6H3. The topological polar surface area (TPSA) is 87.3 Å². The number of Topliss-reactive ketones (excluding diaryl/α,β-unsaturated/α-hetero) is 1. The van der Waals surface area contributed by atoms with E-state index in [1.165, 1.54) is 20.9 Å². The molecule has 0 fully saturated rings. The van der Waals surface area contributed by atoms with E-state index in [2.05, 4.69) is 26.1 Å². The third kappa shape index (κ3) is 3.73. The number of hydrogen-bond donors (Lipinski definition) is 1. The summed E-state index contributed by atoms with van der Waals surface area (Å²) < 4.78 is 10.6. The molecule has 3 aromatic rings. The zero-order valence-electron chi connectivity index (χ0n) is 20.9. The van der Waals surface area contributed by atoms with Crippen LogP contribution in [0.2, 0.25) is 0 Å². The Morgan fingerprint density at radius 2 is 1.74 bits per heavy atom. The number of ether oxygens (including phenoxy) is 1. The number of anilines is 1. The second-order valence-electron chi connectivity index (χ2n) is 10.7. The Morgan fingerprint density at radius 3 is 2.37 bits per heavy atom. The van der Waals surface area contributed by atoms with Crippen molar-refractivity contribution >= 4 is 11.5 Å². The monoisotopic (exact) mass is 474 g/mol. The molecular formula is C27H30N4O4. The first kappa shape index (κ1) is 23.0. The number of rotatable bonds is 3. The second kappa shape index (κ2) is 7.60. The van der Waals surface area contributed by atoms with Crippen molar-refractivity contribution in [3.63, 3.8) is 0 Å². The molecule has 1 N–H and O–H groups in total. The average Bonchev–Trinajstić information content (AvgIpc) is 3.02. The van der Waals surface area contributed by atoms with Crippen LogP contribution in [0.3, 0.4) is 0 Å². The molecule has 0 radical (unpaired) electrons. The van der Waals surface area contributed by atoms with Crippen LogP contribution < -0.4 is 21.4 Å². The molecule has 3 heterocycles. The quantitative estimate of drug-likeness (QED) is 0.459. The highest BCUT2D eigenvalue weighted by Gasteiger charge is 2.44. The van der Waals surface area contributed by atoms with Crippen LogP contribution in [0.1, 0.15) is 63.5 Å². The van der Waals surface area contributed by atoms with E-state index < -0.39 is 23.0 Å². The molecule has 0 bridgehead atoms. The highest BCUT2D eigenvalue weighted by molar-refractivity contribution is 5.94. The third-order valence-electron chi connectivity index (χ3n) is 6.50. The molecule has 2 aliphatic heterocycles. The Kier molecular flexibility index (Phi) is 4.98. The van der Waals surface area contributed by atoms with Gasteiger partial charge in [0.15, 0.2) is 5.78 Å². The summed E-state index contributed by atoms with van der Waals surface area (Å²) in [5.41, 5.74) is 2.00. The summed E-state index contributed by atoms with van der Waals surface area (Å²) in [5, 5.41) is 3.46. The van der Waals surface area contributed by atoms with Gasteiger partial charge in [-0.1, -0.05) is 12.1 Å². The van der Waals surface area contributed by atoms with Crippen LogP contribution in [0.4, 0.5) is 5.69 Å². The number of fused-ring (bicyclic) bond motifs is 5. The summed E-state index contributed by atoms with van der Waals surface area (Å²) in [5.74, 6) is 0.602. The maximum Gasteiger partial charge on any atom is 0.352 e. The molecule has 0 saturated carbocycles. The lowest BCUT2D eigenvalue weighted by Gasteiger charge is -2.42. The summed E-state index contributed by atoms with van der Waals surface area (Å²) in [4.78, 5) is 38.8. The first-order chi connectivity index (χ1) is 16.4. The van der Waals surface area contributed by atoms with Gasteiger partial charge in [0, 0.05) is 28.4 Å². The fraction of sp³-hybridized carbons (Fsp3) is 0.370. The molecule has 0 amide bonds. The summed E-state index contributed by atoms with van der Waals surface area (Å²) in [6.07, 6.45) is 1.99. The Bertz CT molecular complexity index is 1490. The van der Waals surface area contributed by atoms with E-state index in [-0.39, 0.29) is 17.9 Å². The number of carbonyl (C=O) groups excluding carboxylic acids is 1. The second-order valence-corrected chi connectivity index (χ2v) is 10.7. The van der Waals surface area contributed by atoms with Gasteiger partial charge >= 0.3 is 11.4 Å². The Balaban J connectivity index is 1.68. The maximum atomic E-state index is 13.7. The van der Waals surface area contributed by atoms with Crippen molar-refractivity contribution in [3.8, 4) is 11.4 Å². The van der Waals surface area contributed by atoms with Crippen LogP contribution in [-0.2, 0) is 6.54 Å². The van der Waals surface area contributed by atoms with Crippen molar-refractivity contribution in [3.05, 3.63) is 86.2 Å². The minimum atomic E-state index is -0.663. The highest BCUT2D eigenvalue weighted by Crippen LogP contribution is 2.47. The van der Waals surface area contributed by atoms with Crippen molar-refractivity contribution in [2.45, 2.75) is 65.3 Å². The van der Waals surface area contributed by atoms with E-state index in [4.69, 9.17) is 4.74 Å². The van der Waals surface area contributed by atoms with Gasteiger partial charge in [0.2, 0.25) is 0 Å². The number of carbonyl (C=O) groups is 1. The van der Waals surface area contributed by atoms with E-state index in [1.54, 1.807) is 24.3 Å². The van der Waals surface area contributed by atoms with Crippen LogP contribution in [0.25, 0.3) is 5.69 Å². The molecule has 2 aliphatic rings. The molecule has 1 unspecified atom stereocenters. The molecule has 8 nitrogen and oxygen atoms in total. The summed E-state index contributed by atoms with van der Waals surface area (Å²) >= 11 is 0. The van der Waals surface area contributed by atoms with Crippen LogP contribution in [-0.4, -0.2) is 30.9 Å². The molecule has 0 aliphatic carbocycles. The van der Waals surface area contributed by atoms with E-state index in [0.29, 0.717) is 17.0 Å². The van der Waals surface area contributed by atoms with E-state index in [9.17, 15) is 14.4 Å². The van der Waals surface area contributed by atoms with Crippen LogP contribution in [0.15, 0.2) is 63.7 Å². The predicted octanol–water partition coefficient (Wildman–Crippen LogP) is 3.91. The Hall–Kier alpha value is -3.81. The molecule has 0 spiro atoms. The average molecular weight is 475 g/mol. The van der Waals surface area contributed by atoms with Gasteiger partial charge in [-0.2, -0.15) is 0 Å². The Morgan fingerprint density at radius 1 is 1.06 bits per heavy atom. The van der Waals surface area contributed by atoms with Gasteiger partial charge in [-0.05, 0) is 77.4 Å². The normalized spacial score (nSPS) is 18.0. The van der Waals surface area contributed by atoms with Crippen molar-refractivity contribution in [1.29, 1.82) is 0 Å². The summed E-state index contributed by atoms with van der Waals surface area (Å²) in [7, 11) is 0. The number of benzene rings is 2. The van der Waals surface area contributed by atoms with Gasteiger partial charge in [0.25, 0.3) is 0 Å². The fourth-order valence-electron chi connectivity index (χ4n) is 4.97. The fourth-order valence-corrected chi connectivity index (χ4v) is 4.97. The van der Waals surface area contributed by atoms with Crippen LogP contribution in [0, 0.1) is 0 Å². The maximum absolute atomic E-state index is 13.7. The first-order valence-electron chi connectivity index (χ1n) is 11.7. The highest BCUT2D eigenvalue weighted by atomic mass is 16.5. The van der Waals surface area contributed by atoms with Crippen LogP contribution in [0.5, 0.6) is 5.75 Å². The number of allylic oxidation sites excluding steroid dienone is 1. The van der Waals surface area contributed by atoms with Crippen molar-refractivity contribution in [1.82, 2.24) is 13.9 Å². The third-order valence-corrected chi connectivity index (χ3v) is 6.50. The van der Waals surface area contributed by atoms with Gasteiger partial charge in [0.05, 0.1) is 12.2 Å². The lowest BCUT2D eigenvalue weighted by molar-refractivity contribution is 0.101. The predicted molar refractivity (Wildman–Crippen MR) is 135 cm³/mol. The first-order valence-corrected chi connectivity index (χ1v) is 11.7. The molecule has 2 aromatic carbocycles. The molecule has 35 heavy (non-hydrogen) atoms. The molecular weight excluding hydrogens is 444 g/mol. The largest absolute Gasteiger partial charge is 0.483 e. The minimum Gasteiger partial charge on any atom is -0.483 e. The van der Waals surface area contributed by atoms with Gasteiger partial charge in [-0.25, -0.2) is 23.5 Å². The molecule has 1 atom stereocenters.